The Hall–Kier alpha value is -2.50. The van der Waals surface area contributed by atoms with E-state index in [1.165, 1.54) is 22.0 Å². The first-order valence-electron chi connectivity index (χ1n) is 9.11. The van der Waals surface area contributed by atoms with Gasteiger partial charge in [-0.1, -0.05) is 25.1 Å². The average molecular weight is 359 g/mol. The van der Waals surface area contributed by atoms with Crippen molar-refractivity contribution in [3.63, 3.8) is 0 Å². The number of aryl methyl sites for hydroxylation is 1. The molecular formula is C20H29N3O3. The molecule has 0 unspecified atom stereocenters. The maximum Gasteiger partial charge on any atom is 0.407 e. The first-order valence-corrected chi connectivity index (χ1v) is 9.11. The summed E-state index contributed by atoms with van der Waals surface area (Å²) >= 11 is 0. The number of ether oxygens (including phenoxy) is 1. The Morgan fingerprint density at radius 2 is 1.88 bits per heavy atom. The molecular weight excluding hydrogens is 330 g/mol. The number of aromatic amines is 1. The van der Waals surface area contributed by atoms with Gasteiger partial charge in [-0.15, -0.1) is 0 Å². The molecule has 0 saturated heterocycles. The minimum absolute atomic E-state index is 0.0878. The van der Waals surface area contributed by atoms with Crippen molar-refractivity contribution in [3.8, 4) is 0 Å². The van der Waals surface area contributed by atoms with E-state index in [2.05, 4.69) is 40.7 Å². The lowest BCUT2D eigenvalue weighted by molar-refractivity contribution is -0.120. The molecule has 0 saturated carbocycles. The van der Waals surface area contributed by atoms with Crippen LogP contribution in [-0.2, 0) is 22.4 Å². The highest BCUT2D eigenvalue weighted by molar-refractivity contribution is 5.86. The standard InChI is InChI=1S/C20H29N3O3/c1-5-14-7-6-8-16-15(13-23-18(14)16)9-11-21-17(24)10-12-22-19(25)26-20(2,3)4/h6-8,13,23H,5,9-12H2,1-4H3,(H,21,24)(H,22,25). The van der Waals surface area contributed by atoms with Crippen molar-refractivity contribution in [2.24, 2.45) is 0 Å². The maximum atomic E-state index is 11.9. The minimum atomic E-state index is -0.538. The highest BCUT2D eigenvalue weighted by atomic mass is 16.6. The van der Waals surface area contributed by atoms with Gasteiger partial charge in [-0.2, -0.15) is 0 Å². The summed E-state index contributed by atoms with van der Waals surface area (Å²) < 4.78 is 5.12. The number of H-pyrrole nitrogens is 1. The number of hydrogen-bond donors (Lipinski definition) is 3. The first kappa shape index (κ1) is 19.8. The number of rotatable bonds is 7. The Morgan fingerprint density at radius 1 is 1.12 bits per heavy atom. The lowest BCUT2D eigenvalue weighted by Crippen LogP contribution is -2.35. The first-order chi connectivity index (χ1) is 12.3. The molecule has 6 nitrogen and oxygen atoms in total. The van der Waals surface area contributed by atoms with Crippen LogP contribution in [0.5, 0.6) is 0 Å². The number of para-hydroxylation sites is 1. The van der Waals surface area contributed by atoms with Crippen LogP contribution in [0.4, 0.5) is 4.79 Å². The molecule has 0 fully saturated rings. The van der Waals surface area contributed by atoms with E-state index in [9.17, 15) is 9.59 Å². The number of alkyl carbamates (subject to hydrolysis) is 1. The summed E-state index contributed by atoms with van der Waals surface area (Å²) in [6.45, 7) is 8.36. The second-order valence-corrected chi connectivity index (χ2v) is 7.29. The molecule has 0 atom stereocenters. The highest BCUT2D eigenvalue weighted by Crippen LogP contribution is 2.22. The van der Waals surface area contributed by atoms with E-state index in [1.807, 2.05) is 6.20 Å². The molecule has 1 heterocycles. The second-order valence-electron chi connectivity index (χ2n) is 7.29. The number of hydrogen-bond acceptors (Lipinski definition) is 3. The molecule has 0 bridgehead atoms. The van der Waals surface area contributed by atoms with Gasteiger partial charge in [-0.3, -0.25) is 4.79 Å². The lowest BCUT2D eigenvalue weighted by atomic mass is 10.1. The molecule has 0 aliphatic carbocycles. The summed E-state index contributed by atoms with van der Waals surface area (Å²) in [5.74, 6) is -0.0878. The molecule has 2 amide bonds. The van der Waals surface area contributed by atoms with Gasteiger partial charge < -0.3 is 20.4 Å². The normalized spacial score (nSPS) is 11.4. The molecule has 142 valence electrons. The van der Waals surface area contributed by atoms with Crippen LogP contribution in [0.15, 0.2) is 24.4 Å². The Balaban J connectivity index is 1.73. The van der Waals surface area contributed by atoms with Crippen LogP contribution >= 0.6 is 0 Å². The largest absolute Gasteiger partial charge is 0.444 e. The van der Waals surface area contributed by atoms with Crippen molar-refractivity contribution in [1.29, 1.82) is 0 Å². The molecule has 1 aromatic heterocycles. The summed E-state index contributed by atoms with van der Waals surface area (Å²) in [5.41, 5.74) is 3.13. The molecule has 26 heavy (non-hydrogen) atoms. The predicted molar refractivity (Wildman–Crippen MR) is 103 cm³/mol. The van der Waals surface area contributed by atoms with Crippen LogP contribution in [0.25, 0.3) is 10.9 Å². The number of benzene rings is 1. The van der Waals surface area contributed by atoms with Crippen molar-refractivity contribution < 1.29 is 14.3 Å². The van der Waals surface area contributed by atoms with E-state index < -0.39 is 11.7 Å². The van der Waals surface area contributed by atoms with Crippen molar-refractivity contribution in [3.05, 3.63) is 35.5 Å². The summed E-state index contributed by atoms with van der Waals surface area (Å²) in [6, 6.07) is 6.30. The third kappa shape index (κ3) is 5.79. The topological polar surface area (TPSA) is 83.2 Å². The van der Waals surface area contributed by atoms with Crippen LogP contribution < -0.4 is 10.6 Å². The van der Waals surface area contributed by atoms with Crippen molar-refractivity contribution in [2.45, 2.75) is 52.6 Å². The Bertz CT molecular complexity index is 759. The number of carbonyl (C=O) groups is 2. The smallest absolute Gasteiger partial charge is 0.407 e. The molecule has 0 radical (unpaired) electrons. The number of carbonyl (C=O) groups excluding carboxylic acids is 2. The molecule has 6 heteroatoms. The highest BCUT2D eigenvalue weighted by Gasteiger charge is 2.15. The van der Waals surface area contributed by atoms with E-state index in [0.29, 0.717) is 6.54 Å². The summed E-state index contributed by atoms with van der Waals surface area (Å²) in [5, 5.41) is 6.69. The Morgan fingerprint density at radius 3 is 2.58 bits per heavy atom. The molecule has 2 aromatic rings. The fourth-order valence-corrected chi connectivity index (χ4v) is 2.79. The van der Waals surface area contributed by atoms with Gasteiger partial charge in [-0.05, 0) is 44.7 Å². The predicted octanol–water partition coefficient (Wildman–Crippen LogP) is 3.30. The van der Waals surface area contributed by atoms with Gasteiger partial charge in [0.05, 0.1) is 0 Å². The van der Waals surface area contributed by atoms with E-state index in [0.717, 1.165) is 12.8 Å². The van der Waals surface area contributed by atoms with Gasteiger partial charge >= 0.3 is 6.09 Å². The van der Waals surface area contributed by atoms with Crippen molar-refractivity contribution in [2.75, 3.05) is 13.1 Å². The summed E-state index contributed by atoms with van der Waals surface area (Å²) in [6.07, 6.45) is 3.49. The second kappa shape index (κ2) is 8.74. The van der Waals surface area contributed by atoms with Crippen LogP contribution in [-0.4, -0.2) is 35.7 Å². The fraction of sp³-hybridized carbons (Fsp3) is 0.500. The zero-order chi connectivity index (χ0) is 19.2. The molecule has 1 aromatic carbocycles. The van der Waals surface area contributed by atoms with Gasteiger partial charge in [0.2, 0.25) is 5.91 Å². The van der Waals surface area contributed by atoms with Crippen molar-refractivity contribution in [1.82, 2.24) is 15.6 Å². The quantitative estimate of drug-likeness (QED) is 0.709. The van der Waals surface area contributed by atoms with E-state index >= 15 is 0 Å². The van der Waals surface area contributed by atoms with E-state index in [-0.39, 0.29) is 18.9 Å². The van der Waals surface area contributed by atoms with Crippen LogP contribution in [0, 0.1) is 0 Å². The zero-order valence-corrected chi connectivity index (χ0v) is 16.1. The van der Waals surface area contributed by atoms with Crippen LogP contribution in [0.2, 0.25) is 0 Å². The number of nitrogens with one attached hydrogen (secondary N) is 3. The molecule has 2 rings (SSSR count). The van der Waals surface area contributed by atoms with E-state index in [4.69, 9.17) is 4.74 Å². The zero-order valence-electron chi connectivity index (χ0n) is 16.1. The van der Waals surface area contributed by atoms with Gasteiger partial charge in [0.15, 0.2) is 0 Å². The van der Waals surface area contributed by atoms with Crippen molar-refractivity contribution >= 4 is 22.9 Å². The van der Waals surface area contributed by atoms with Gasteiger partial charge in [0.25, 0.3) is 0 Å². The number of amides is 2. The monoisotopic (exact) mass is 359 g/mol. The van der Waals surface area contributed by atoms with Gasteiger partial charge in [0.1, 0.15) is 5.60 Å². The molecule has 0 aliphatic heterocycles. The molecule has 3 N–H and O–H groups in total. The van der Waals surface area contributed by atoms with Crippen LogP contribution in [0.1, 0.15) is 45.2 Å². The lowest BCUT2D eigenvalue weighted by Gasteiger charge is -2.19. The average Bonchev–Trinajstić information content (AvgIpc) is 2.96. The Kier molecular flexibility index (Phi) is 6.66. The van der Waals surface area contributed by atoms with Gasteiger partial charge in [0, 0.05) is 36.6 Å². The Labute approximate surface area is 154 Å². The maximum absolute atomic E-state index is 11.9. The van der Waals surface area contributed by atoms with Gasteiger partial charge in [-0.25, -0.2) is 4.79 Å². The SMILES string of the molecule is CCc1cccc2c(CCNC(=O)CCNC(=O)OC(C)(C)C)c[nH]c12. The van der Waals surface area contributed by atoms with E-state index in [1.54, 1.807) is 20.8 Å². The van der Waals surface area contributed by atoms with Crippen LogP contribution in [0.3, 0.4) is 0 Å². The molecule has 0 aliphatic rings. The third-order valence-electron chi connectivity index (χ3n) is 4.01. The molecule has 0 spiro atoms. The summed E-state index contributed by atoms with van der Waals surface area (Å²) in [7, 11) is 0. The fourth-order valence-electron chi connectivity index (χ4n) is 2.79. The number of fused-ring (bicyclic) bond motifs is 1. The minimum Gasteiger partial charge on any atom is -0.444 e. The summed E-state index contributed by atoms with van der Waals surface area (Å²) in [4.78, 5) is 26.7. The third-order valence-corrected chi connectivity index (χ3v) is 4.01. The number of aromatic nitrogens is 1.